The van der Waals surface area contributed by atoms with E-state index in [2.05, 4.69) is 32.3 Å². The number of nitrogens with one attached hydrogen (secondary N) is 1. The Morgan fingerprint density at radius 3 is 2.74 bits per heavy atom. The van der Waals surface area contributed by atoms with Crippen LogP contribution in [-0.4, -0.2) is 22.4 Å². The molecule has 1 amide bonds. The number of halogens is 1. The molecule has 0 unspecified atom stereocenters. The zero-order chi connectivity index (χ0) is 18.8. The fourth-order valence-corrected chi connectivity index (χ4v) is 3.26. The molecule has 0 saturated carbocycles. The maximum absolute atomic E-state index is 13.0. The summed E-state index contributed by atoms with van der Waals surface area (Å²) < 4.78 is 13.0. The van der Waals surface area contributed by atoms with Crippen molar-refractivity contribution in [3.63, 3.8) is 0 Å². The van der Waals surface area contributed by atoms with Crippen molar-refractivity contribution in [1.29, 1.82) is 0 Å². The second-order valence-electron chi connectivity index (χ2n) is 6.50. The van der Waals surface area contributed by atoms with Gasteiger partial charge in [-0.05, 0) is 42.7 Å². The molecule has 1 aromatic heterocycles. The molecule has 3 aromatic rings. The van der Waals surface area contributed by atoms with E-state index in [-0.39, 0.29) is 11.7 Å². The lowest BCUT2D eigenvalue weighted by Crippen LogP contribution is -2.25. The third-order valence-electron chi connectivity index (χ3n) is 4.59. The summed E-state index contributed by atoms with van der Waals surface area (Å²) in [6.45, 7) is 2.92. The van der Waals surface area contributed by atoms with Crippen molar-refractivity contribution in [3.8, 4) is 0 Å². The molecule has 4 rings (SSSR count). The summed E-state index contributed by atoms with van der Waals surface area (Å²) in [5.74, 6) is 0.689. The Morgan fingerprint density at radius 1 is 1.15 bits per heavy atom. The molecule has 2 aromatic carbocycles. The Morgan fingerprint density at radius 2 is 1.93 bits per heavy atom. The van der Waals surface area contributed by atoms with Crippen LogP contribution in [0.5, 0.6) is 0 Å². The summed E-state index contributed by atoms with van der Waals surface area (Å²) >= 11 is 0. The maximum atomic E-state index is 13.0. The van der Waals surface area contributed by atoms with E-state index in [4.69, 9.17) is 0 Å². The molecule has 5 nitrogen and oxygen atoms in total. The van der Waals surface area contributed by atoms with Crippen molar-refractivity contribution in [2.75, 3.05) is 11.4 Å². The SMILES string of the molecule is Cc1nc(C(=O)NCc2ccc(F)cc2)cc(N2CCc3ccccc32)n1. The first-order valence-electron chi connectivity index (χ1n) is 8.84. The number of carbonyl (C=O) groups excluding carboxylic acids is 1. The number of rotatable bonds is 4. The number of hydrogen-bond donors (Lipinski definition) is 1. The Kier molecular flexibility index (Phi) is 4.54. The molecule has 0 spiro atoms. The number of amides is 1. The molecule has 6 heteroatoms. The third kappa shape index (κ3) is 3.65. The monoisotopic (exact) mass is 362 g/mol. The lowest BCUT2D eigenvalue weighted by atomic mass is 10.2. The lowest BCUT2D eigenvalue weighted by Gasteiger charge is -2.19. The van der Waals surface area contributed by atoms with E-state index in [1.165, 1.54) is 17.7 Å². The van der Waals surface area contributed by atoms with Crippen molar-refractivity contribution in [3.05, 3.63) is 83.1 Å². The number of hydrogen-bond acceptors (Lipinski definition) is 4. The molecule has 1 aliphatic heterocycles. The second-order valence-corrected chi connectivity index (χ2v) is 6.50. The first-order chi connectivity index (χ1) is 13.1. The van der Waals surface area contributed by atoms with E-state index in [0.717, 1.165) is 30.0 Å². The van der Waals surface area contributed by atoms with Crippen LogP contribution in [0.15, 0.2) is 54.6 Å². The Balaban J connectivity index is 1.54. The third-order valence-corrected chi connectivity index (χ3v) is 4.59. The average molecular weight is 362 g/mol. The van der Waals surface area contributed by atoms with Gasteiger partial charge in [0.2, 0.25) is 0 Å². The summed E-state index contributed by atoms with van der Waals surface area (Å²) in [6.07, 6.45) is 0.950. The first kappa shape index (κ1) is 17.1. The minimum Gasteiger partial charge on any atom is -0.347 e. The van der Waals surface area contributed by atoms with Crippen LogP contribution in [0, 0.1) is 12.7 Å². The van der Waals surface area contributed by atoms with Crippen LogP contribution < -0.4 is 10.2 Å². The minimum atomic E-state index is -0.299. The van der Waals surface area contributed by atoms with E-state index in [9.17, 15) is 9.18 Å². The summed E-state index contributed by atoms with van der Waals surface area (Å²) in [5, 5.41) is 2.83. The molecule has 0 fully saturated rings. The van der Waals surface area contributed by atoms with E-state index in [0.29, 0.717) is 18.1 Å². The van der Waals surface area contributed by atoms with Gasteiger partial charge in [-0.15, -0.1) is 0 Å². The van der Waals surface area contributed by atoms with Gasteiger partial charge < -0.3 is 10.2 Å². The number of aromatic nitrogens is 2. The normalized spacial score (nSPS) is 12.7. The predicted molar refractivity (Wildman–Crippen MR) is 101 cm³/mol. The van der Waals surface area contributed by atoms with E-state index in [1.807, 2.05) is 12.1 Å². The van der Waals surface area contributed by atoms with Gasteiger partial charge >= 0.3 is 0 Å². The fourth-order valence-electron chi connectivity index (χ4n) is 3.26. The van der Waals surface area contributed by atoms with Crippen molar-refractivity contribution >= 4 is 17.4 Å². The molecule has 2 heterocycles. The maximum Gasteiger partial charge on any atom is 0.270 e. The minimum absolute atomic E-state index is 0.279. The van der Waals surface area contributed by atoms with Gasteiger partial charge in [0.1, 0.15) is 23.2 Å². The standard InChI is InChI=1S/C21H19FN4O/c1-14-24-18(21(27)23-13-15-6-8-17(22)9-7-15)12-20(25-14)26-11-10-16-4-2-3-5-19(16)26/h2-9,12H,10-11,13H2,1H3,(H,23,27). The van der Waals surface area contributed by atoms with Gasteiger partial charge in [-0.2, -0.15) is 0 Å². The topological polar surface area (TPSA) is 58.1 Å². The highest BCUT2D eigenvalue weighted by Crippen LogP contribution is 2.33. The zero-order valence-corrected chi connectivity index (χ0v) is 14.9. The number of aryl methyl sites for hydroxylation is 1. The molecule has 1 aliphatic rings. The van der Waals surface area contributed by atoms with Gasteiger partial charge in [0.15, 0.2) is 0 Å². The second kappa shape index (κ2) is 7.15. The van der Waals surface area contributed by atoms with Crippen LogP contribution in [0.1, 0.15) is 27.4 Å². The predicted octanol–water partition coefficient (Wildman–Crippen LogP) is 3.55. The summed E-state index contributed by atoms with van der Waals surface area (Å²) in [5.41, 5.74) is 3.54. The number of fused-ring (bicyclic) bond motifs is 1. The molecule has 0 aliphatic carbocycles. The van der Waals surface area contributed by atoms with Crippen molar-refractivity contribution in [1.82, 2.24) is 15.3 Å². The van der Waals surface area contributed by atoms with Crippen molar-refractivity contribution < 1.29 is 9.18 Å². The van der Waals surface area contributed by atoms with E-state index >= 15 is 0 Å². The van der Waals surface area contributed by atoms with Crippen LogP contribution in [0.2, 0.25) is 0 Å². The van der Waals surface area contributed by atoms with Gasteiger partial charge in [0, 0.05) is 24.8 Å². The molecule has 27 heavy (non-hydrogen) atoms. The number of benzene rings is 2. The highest BCUT2D eigenvalue weighted by Gasteiger charge is 2.22. The quantitative estimate of drug-likeness (QED) is 0.771. The molecule has 0 saturated heterocycles. The van der Waals surface area contributed by atoms with E-state index < -0.39 is 0 Å². The molecule has 0 radical (unpaired) electrons. The molecular weight excluding hydrogens is 343 g/mol. The Hall–Kier alpha value is -3.28. The average Bonchev–Trinajstić information content (AvgIpc) is 3.11. The smallest absolute Gasteiger partial charge is 0.270 e. The van der Waals surface area contributed by atoms with Crippen LogP contribution in [-0.2, 0) is 13.0 Å². The van der Waals surface area contributed by atoms with Gasteiger partial charge in [-0.1, -0.05) is 30.3 Å². The summed E-state index contributed by atoms with van der Waals surface area (Å²) in [7, 11) is 0. The van der Waals surface area contributed by atoms with E-state index in [1.54, 1.807) is 25.1 Å². The fraction of sp³-hybridized carbons (Fsp3) is 0.190. The number of carbonyl (C=O) groups is 1. The summed E-state index contributed by atoms with van der Waals surface area (Å²) in [6, 6.07) is 16.0. The number of anilines is 2. The number of para-hydroxylation sites is 1. The molecular formula is C21H19FN4O. The van der Waals surface area contributed by atoms with Crippen LogP contribution in [0.25, 0.3) is 0 Å². The zero-order valence-electron chi connectivity index (χ0n) is 14.9. The van der Waals surface area contributed by atoms with Crippen LogP contribution in [0.4, 0.5) is 15.9 Å². The highest BCUT2D eigenvalue weighted by molar-refractivity contribution is 5.93. The van der Waals surface area contributed by atoms with Gasteiger partial charge in [-0.25, -0.2) is 14.4 Å². The van der Waals surface area contributed by atoms with Crippen LogP contribution in [0.3, 0.4) is 0 Å². The molecule has 136 valence electrons. The Bertz CT molecular complexity index is 988. The van der Waals surface area contributed by atoms with Crippen molar-refractivity contribution in [2.45, 2.75) is 19.9 Å². The largest absolute Gasteiger partial charge is 0.347 e. The summed E-state index contributed by atoms with van der Waals surface area (Å²) in [4.78, 5) is 23.5. The van der Waals surface area contributed by atoms with Gasteiger partial charge in [0.25, 0.3) is 5.91 Å². The first-order valence-corrected chi connectivity index (χ1v) is 8.84. The van der Waals surface area contributed by atoms with Gasteiger partial charge in [-0.3, -0.25) is 4.79 Å². The molecule has 1 N–H and O–H groups in total. The lowest BCUT2D eigenvalue weighted by molar-refractivity contribution is 0.0945. The Labute approximate surface area is 156 Å². The molecule has 0 bridgehead atoms. The van der Waals surface area contributed by atoms with Crippen LogP contribution >= 0.6 is 0 Å². The molecule has 0 atom stereocenters. The van der Waals surface area contributed by atoms with Gasteiger partial charge in [0.05, 0.1) is 0 Å². The highest BCUT2D eigenvalue weighted by atomic mass is 19.1. The number of nitrogens with zero attached hydrogens (tertiary/aromatic N) is 3. The van der Waals surface area contributed by atoms with Crippen molar-refractivity contribution in [2.24, 2.45) is 0 Å².